The van der Waals surface area contributed by atoms with Gasteiger partial charge in [-0.15, -0.1) is 0 Å². The highest BCUT2D eigenvalue weighted by molar-refractivity contribution is 6.35. The molecule has 0 aliphatic carbocycles. The molecule has 0 saturated carbocycles. The van der Waals surface area contributed by atoms with Crippen LogP contribution >= 0.6 is 0 Å². The molecule has 0 bridgehead atoms. The maximum Gasteiger partial charge on any atom is 0.177 e. The number of furan rings is 1. The van der Waals surface area contributed by atoms with E-state index in [1.165, 1.54) is 65.2 Å². The maximum absolute atomic E-state index is 6.88. The van der Waals surface area contributed by atoms with E-state index in [-0.39, 0.29) is 0 Å². The summed E-state index contributed by atoms with van der Waals surface area (Å²) in [5, 5.41) is 11.1. The first-order valence-electron chi connectivity index (χ1n) is 17.7. The van der Waals surface area contributed by atoms with Crippen molar-refractivity contribution >= 4 is 98.7 Å². The fourth-order valence-electron chi connectivity index (χ4n) is 8.92. The van der Waals surface area contributed by atoms with E-state index in [9.17, 15) is 0 Å². The quantitative estimate of drug-likeness (QED) is 0.183. The van der Waals surface area contributed by atoms with Crippen LogP contribution in [0.15, 0.2) is 161 Å². The zero-order valence-electron chi connectivity index (χ0n) is 27.6. The summed E-state index contributed by atoms with van der Waals surface area (Å²) in [7, 11) is 0. The molecule has 1 aliphatic heterocycles. The number of aromatic nitrogens is 2. The molecule has 238 valence electrons. The zero-order chi connectivity index (χ0) is 33.2. The third-order valence-corrected chi connectivity index (χ3v) is 11.1. The number of hydrogen-bond acceptors (Lipinski definition) is 2. The van der Waals surface area contributed by atoms with Crippen molar-refractivity contribution in [3.05, 3.63) is 163 Å². The van der Waals surface area contributed by atoms with Crippen LogP contribution in [0.25, 0.3) is 87.3 Å². The van der Waals surface area contributed by atoms with E-state index in [0.29, 0.717) is 0 Å². The number of aliphatic imine (C=N–C) groups is 1. The van der Waals surface area contributed by atoms with Crippen molar-refractivity contribution in [1.82, 2.24) is 8.97 Å². The average molecular weight is 652 g/mol. The van der Waals surface area contributed by atoms with Gasteiger partial charge in [0.05, 0.1) is 33.3 Å². The molecule has 7 aromatic carbocycles. The van der Waals surface area contributed by atoms with Gasteiger partial charge in [0.15, 0.2) is 5.76 Å². The predicted octanol–water partition coefficient (Wildman–Crippen LogP) is 12.6. The highest BCUT2D eigenvalue weighted by atomic mass is 16.3. The van der Waals surface area contributed by atoms with Crippen LogP contribution in [0.4, 0.5) is 5.69 Å². The minimum Gasteiger partial charge on any atom is -0.452 e. The van der Waals surface area contributed by atoms with Gasteiger partial charge in [0.2, 0.25) is 0 Å². The van der Waals surface area contributed by atoms with Gasteiger partial charge in [-0.3, -0.25) is 0 Å². The molecule has 11 aromatic rings. The van der Waals surface area contributed by atoms with Crippen molar-refractivity contribution in [2.45, 2.75) is 12.8 Å². The van der Waals surface area contributed by atoms with Crippen LogP contribution in [0.5, 0.6) is 0 Å². The first-order chi connectivity index (χ1) is 25.3. The van der Waals surface area contributed by atoms with Crippen LogP contribution in [-0.2, 0) is 0 Å². The molecule has 0 atom stereocenters. The van der Waals surface area contributed by atoms with Gasteiger partial charge in [0.25, 0.3) is 0 Å². The number of benzene rings is 7. The maximum atomic E-state index is 6.88. The molecule has 51 heavy (non-hydrogen) atoms. The van der Waals surface area contributed by atoms with Crippen molar-refractivity contribution in [2.24, 2.45) is 4.99 Å². The van der Waals surface area contributed by atoms with E-state index < -0.39 is 0 Å². The number of para-hydroxylation sites is 3. The molecule has 5 heterocycles. The van der Waals surface area contributed by atoms with Gasteiger partial charge in [0, 0.05) is 43.4 Å². The van der Waals surface area contributed by atoms with Crippen LogP contribution in [0.2, 0.25) is 0 Å². The summed E-state index contributed by atoms with van der Waals surface area (Å²) in [6, 6.07) is 52.5. The van der Waals surface area contributed by atoms with Crippen molar-refractivity contribution in [1.29, 1.82) is 0 Å². The number of rotatable bonds is 2. The molecule has 0 radical (unpaired) electrons. The van der Waals surface area contributed by atoms with E-state index in [1.807, 2.05) is 6.07 Å². The van der Waals surface area contributed by atoms with Gasteiger partial charge in [-0.05, 0) is 71.6 Å². The standard InChI is InChI=1S/C47H29N3O/c1-2-13-28(14-3-1)37-20-12-23-40(47-44(48-37)33-19-8-11-24-42(33)51-47)49-38-21-9-6-17-31(38)35-27-36-34-25-29-15-4-5-16-30(29)26-41(34)50-39-22-10-7-18-32(39)43(45(35)49)46(36)50/h1-11,13-19,21-27H,12,20H2. The second-order valence-corrected chi connectivity index (χ2v) is 13.8. The van der Waals surface area contributed by atoms with Gasteiger partial charge >= 0.3 is 0 Å². The van der Waals surface area contributed by atoms with Gasteiger partial charge < -0.3 is 13.4 Å². The summed E-state index contributed by atoms with van der Waals surface area (Å²) in [6.45, 7) is 0. The second kappa shape index (κ2) is 9.96. The van der Waals surface area contributed by atoms with Crippen molar-refractivity contribution < 1.29 is 4.42 Å². The topological polar surface area (TPSA) is 34.8 Å². The highest BCUT2D eigenvalue weighted by Crippen LogP contribution is 2.49. The van der Waals surface area contributed by atoms with E-state index in [2.05, 4.69) is 155 Å². The molecule has 4 nitrogen and oxygen atoms in total. The van der Waals surface area contributed by atoms with Crippen molar-refractivity contribution in [2.75, 3.05) is 0 Å². The van der Waals surface area contributed by atoms with Gasteiger partial charge in [-0.2, -0.15) is 0 Å². The fraction of sp³-hybridized carbons (Fsp3) is 0.0426. The number of hydrogen-bond donors (Lipinski definition) is 0. The minimum atomic E-state index is 0.803. The molecule has 4 aromatic heterocycles. The Labute approximate surface area is 292 Å². The van der Waals surface area contributed by atoms with Gasteiger partial charge in [-0.25, -0.2) is 4.99 Å². The molecule has 0 N–H and O–H groups in total. The van der Waals surface area contributed by atoms with E-state index in [0.717, 1.165) is 57.7 Å². The lowest BCUT2D eigenvalue weighted by molar-refractivity contribution is 0.595. The molecule has 1 aliphatic rings. The Morgan fingerprint density at radius 2 is 1.22 bits per heavy atom. The minimum absolute atomic E-state index is 0.803. The van der Waals surface area contributed by atoms with E-state index >= 15 is 0 Å². The number of allylic oxidation sites excluding steroid dienone is 1. The Morgan fingerprint density at radius 1 is 0.529 bits per heavy atom. The predicted molar refractivity (Wildman–Crippen MR) is 213 cm³/mol. The summed E-state index contributed by atoms with van der Waals surface area (Å²) in [5.41, 5.74) is 11.1. The number of nitrogens with zero attached hydrogens (tertiary/aromatic N) is 3. The van der Waals surface area contributed by atoms with E-state index in [1.54, 1.807) is 0 Å². The molecule has 0 unspecified atom stereocenters. The lowest BCUT2D eigenvalue weighted by Gasteiger charge is -2.16. The normalized spacial score (nSPS) is 14.0. The largest absolute Gasteiger partial charge is 0.452 e. The highest BCUT2D eigenvalue weighted by Gasteiger charge is 2.28. The molecular formula is C47H29N3O. The van der Waals surface area contributed by atoms with Crippen LogP contribution in [0, 0.1) is 0 Å². The third kappa shape index (κ3) is 3.61. The Morgan fingerprint density at radius 3 is 2.08 bits per heavy atom. The summed E-state index contributed by atoms with van der Waals surface area (Å²) in [4.78, 5) is 5.44. The molecule has 0 spiro atoms. The van der Waals surface area contributed by atoms with Crippen LogP contribution in [0.3, 0.4) is 0 Å². The Balaban J connectivity index is 1.26. The fourth-order valence-corrected chi connectivity index (χ4v) is 8.92. The van der Waals surface area contributed by atoms with Crippen LogP contribution in [-0.4, -0.2) is 14.7 Å². The summed E-state index contributed by atoms with van der Waals surface area (Å²) < 4.78 is 11.9. The Hall–Kier alpha value is -6.65. The molecule has 0 amide bonds. The second-order valence-electron chi connectivity index (χ2n) is 13.8. The first kappa shape index (κ1) is 27.2. The van der Waals surface area contributed by atoms with Crippen LogP contribution in [0.1, 0.15) is 24.2 Å². The Kier molecular flexibility index (Phi) is 5.31. The van der Waals surface area contributed by atoms with Gasteiger partial charge in [-0.1, -0.05) is 109 Å². The molecule has 12 rings (SSSR count). The third-order valence-electron chi connectivity index (χ3n) is 11.1. The molecule has 0 fully saturated rings. The van der Waals surface area contributed by atoms with Gasteiger partial charge in [0.1, 0.15) is 11.3 Å². The monoisotopic (exact) mass is 651 g/mol. The van der Waals surface area contributed by atoms with Crippen LogP contribution < -0.4 is 0 Å². The summed E-state index contributed by atoms with van der Waals surface area (Å²) >= 11 is 0. The first-order valence-corrected chi connectivity index (χ1v) is 17.7. The molecule has 0 saturated heterocycles. The van der Waals surface area contributed by atoms with Crippen molar-refractivity contribution in [3.8, 4) is 0 Å². The summed E-state index contributed by atoms with van der Waals surface area (Å²) in [5.74, 6) is 0.803. The summed E-state index contributed by atoms with van der Waals surface area (Å²) in [6.07, 6.45) is 4.03. The molecule has 4 heteroatoms. The van der Waals surface area contributed by atoms with Crippen molar-refractivity contribution in [3.63, 3.8) is 0 Å². The average Bonchev–Trinajstić information content (AvgIpc) is 3.90. The smallest absolute Gasteiger partial charge is 0.177 e. The number of fused-ring (bicyclic) bond motifs is 14. The lowest BCUT2D eigenvalue weighted by Crippen LogP contribution is -2.05. The van der Waals surface area contributed by atoms with E-state index in [4.69, 9.17) is 9.41 Å². The lowest BCUT2D eigenvalue weighted by atomic mass is 10.0. The zero-order valence-corrected chi connectivity index (χ0v) is 27.6. The Bertz CT molecular complexity index is 3300. The SMILES string of the molecule is C1=C(n2c3ccccc3c3cc4c5cc6ccccc6cc5n5c6ccccc6c(c32)c45)c2oc3ccccc3c2N=C(c2ccccc2)CC1. The molecular weight excluding hydrogens is 623 g/mol.